The smallest absolute Gasteiger partial charge is 0.207 e. The second kappa shape index (κ2) is 5.00. The fraction of sp³-hybridized carbons (Fsp3) is 0.125. The molecule has 110 valence electrons. The van der Waals surface area contributed by atoms with Crippen molar-refractivity contribution >= 4 is 34.2 Å². The summed E-state index contributed by atoms with van der Waals surface area (Å²) in [6.07, 6.45) is 2.22. The first-order chi connectivity index (χ1) is 10.7. The minimum absolute atomic E-state index is 0.0370. The number of hydrogen-bond donors (Lipinski definition) is 0. The molecule has 0 radical (unpaired) electrons. The van der Waals surface area contributed by atoms with Crippen LogP contribution in [0, 0.1) is 0 Å². The van der Waals surface area contributed by atoms with Gasteiger partial charge >= 0.3 is 0 Å². The van der Waals surface area contributed by atoms with Gasteiger partial charge in [0.2, 0.25) is 5.88 Å². The summed E-state index contributed by atoms with van der Waals surface area (Å²) in [6, 6.07) is 8.68. The molecule has 0 unspecified atom stereocenters. The summed E-state index contributed by atoms with van der Waals surface area (Å²) in [4.78, 5) is 16.9. The quantitative estimate of drug-likeness (QED) is 0.683. The molecule has 1 aliphatic rings. The number of pyridine rings is 2. The Morgan fingerprint density at radius 2 is 2.09 bits per heavy atom. The zero-order valence-electron chi connectivity index (χ0n) is 11.3. The van der Waals surface area contributed by atoms with Gasteiger partial charge in [0, 0.05) is 17.6 Å². The van der Waals surface area contributed by atoms with E-state index in [0.717, 1.165) is 0 Å². The van der Waals surface area contributed by atoms with Crippen molar-refractivity contribution in [1.29, 1.82) is 0 Å². The normalized spacial score (nSPS) is 13.2. The molecule has 6 heteroatoms. The van der Waals surface area contributed by atoms with E-state index in [0.29, 0.717) is 51.2 Å². The van der Waals surface area contributed by atoms with Crippen LogP contribution in [-0.4, -0.2) is 16.2 Å². The van der Waals surface area contributed by atoms with E-state index in [2.05, 4.69) is 4.98 Å². The Balaban J connectivity index is 2.20. The predicted octanol–water partition coefficient (Wildman–Crippen LogP) is 3.63. The molecule has 0 atom stereocenters. The molecule has 0 spiro atoms. The molecular formula is C16H10Cl2N2O2. The fourth-order valence-electron chi connectivity index (χ4n) is 2.75. The number of fused-ring (bicyclic) bond motifs is 2. The number of ether oxygens (including phenoxy) is 1. The standard InChI is InChI=1S/C16H10Cl2N2O2/c17-9-3-4-12(18)13(8-9)20-15-10(2-1-6-19-15)14(21)11-5-7-22-16(11)20/h1-4,6,8H,5,7H2. The lowest BCUT2D eigenvalue weighted by Gasteiger charge is -2.16. The maximum atomic E-state index is 12.6. The van der Waals surface area contributed by atoms with Gasteiger partial charge in [0.15, 0.2) is 11.1 Å². The van der Waals surface area contributed by atoms with Gasteiger partial charge in [0.05, 0.1) is 28.3 Å². The SMILES string of the molecule is O=c1c2c(n(-c3cc(Cl)ccc3Cl)c3ncccc13)OCC2. The fourth-order valence-corrected chi connectivity index (χ4v) is 3.11. The van der Waals surface area contributed by atoms with E-state index in [1.807, 2.05) is 0 Å². The largest absolute Gasteiger partial charge is 0.478 e. The van der Waals surface area contributed by atoms with Gasteiger partial charge in [-0.15, -0.1) is 0 Å². The van der Waals surface area contributed by atoms with E-state index in [-0.39, 0.29) is 5.43 Å². The van der Waals surface area contributed by atoms with Gasteiger partial charge in [-0.25, -0.2) is 4.98 Å². The molecule has 4 nitrogen and oxygen atoms in total. The molecule has 2 aromatic heterocycles. The summed E-state index contributed by atoms with van der Waals surface area (Å²) in [5.41, 5.74) is 1.77. The lowest BCUT2D eigenvalue weighted by Crippen LogP contribution is -2.14. The molecule has 0 fully saturated rings. The van der Waals surface area contributed by atoms with E-state index in [4.69, 9.17) is 27.9 Å². The minimum atomic E-state index is -0.0370. The Morgan fingerprint density at radius 1 is 1.23 bits per heavy atom. The number of halogens is 2. The summed E-state index contributed by atoms with van der Waals surface area (Å²) in [7, 11) is 0. The zero-order valence-corrected chi connectivity index (χ0v) is 12.9. The predicted molar refractivity (Wildman–Crippen MR) is 86.6 cm³/mol. The molecule has 0 saturated carbocycles. The van der Waals surface area contributed by atoms with Crippen LogP contribution in [0.15, 0.2) is 41.3 Å². The van der Waals surface area contributed by atoms with Crippen LogP contribution in [0.1, 0.15) is 5.56 Å². The Morgan fingerprint density at radius 3 is 2.95 bits per heavy atom. The van der Waals surface area contributed by atoms with E-state index in [1.165, 1.54) is 0 Å². The summed E-state index contributed by atoms with van der Waals surface area (Å²) >= 11 is 12.4. The van der Waals surface area contributed by atoms with Gasteiger partial charge in [0.25, 0.3) is 0 Å². The molecule has 4 rings (SSSR count). The molecule has 0 aliphatic carbocycles. The molecule has 3 aromatic rings. The van der Waals surface area contributed by atoms with Gasteiger partial charge in [-0.1, -0.05) is 23.2 Å². The van der Waals surface area contributed by atoms with Crippen LogP contribution in [0.5, 0.6) is 5.88 Å². The van der Waals surface area contributed by atoms with Gasteiger partial charge < -0.3 is 4.74 Å². The Bertz CT molecular complexity index is 966. The maximum absolute atomic E-state index is 12.6. The maximum Gasteiger partial charge on any atom is 0.207 e. The van der Waals surface area contributed by atoms with E-state index in [1.54, 1.807) is 41.1 Å². The van der Waals surface area contributed by atoms with Crippen molar-refractivity contribution in [3.63, 3.8) is 0 Å². The highest BCUT2D eigenvalue weighted by molar-refractivity contribution is 6.34. The highest BCUT2D eigenvalue weighted by Crippen LogP contribution is 2.34. The number of aromatic nitrogens is 2. The van der Waals surface area contributed by atoms with Crippen molar-refractivity contribution in [2.45, 2.75) is 6.42 Å². The molecule has 22 heavy (non-hydrogen) atoms. The van der Waals surface area contributed by atoms with E-state index < -0.39 is 0 Å². The van der Waals surface area contributed by atoms with Crippen molar-refractivity contribution in [2.75, 3.05) is 6.61 Å². The molecule has 1 aliphatic heterocycles. The second-order valence-electron chi connectivity index (χ2n) is 5.02. The monoisotopic (exact) mass is 332 g/mol. The van der Waals surface area contributed by atoms with Crippen LogP contribution in [0.25, 0.3) is 16.7 Å². The summed E-state index contributed by atoms with van der Waals surface area (Å²) < 4.78 is 7.46. The Labute approximate surface area is 135 Å². The summed E-state index contributed by atoms with van der Waals surface area (Å²) in [5.74, 6) is 0.500. The third kappa shape index (κ3) is 1.91. The zero-order chi connectivity index (χ0) is 15.3. The van der Waals surface area contributed by atoms with Gasteiger partial charge in [-0.3, -0.25) is 9.36 Å². The van der Waals surface area contributed by atoms with Crippen LogP contribution >= 0.6 is 23.2 Å². The average Bonchev–Trinajstić information content (AvgIpc) is 3.00. The molecule has 3 heterocycles. The van der Waals surface area contributed by atoms with Crippen LogP contribution in [0.2, 0.25) is 10.0 Å². The first kappa shape index (κ1) is 13.6. The molecule has 0 bridgehead atoms. The Kier molecular flexibility index (Phi) is 3.10. The summed E-state index contributed by atoms with van der Waals surface area (Å²) in [6.45, 7) is 0.471. The van der Waals surface area contributed by atoms with E-state index >= 15 is 0 Å². The lowest BCUT2D eigenvalue weighted by atomic mass is 10.1. The van der Waals surface area contributed by atoms with Crippen molar-refractivity contribution in [1.82, 2.24) is 9.55 Å². The topological polar surface area (TPSA) is 44.1 Å². The highest BCUT2D eigenvalue weighted by atomic mass is 35.5. The summed E-state index contributed by atoms with van der Waals surface area (Å²) in [5, 5.41) is 1.61. The van der Waals surface area contributed by atoms with Gasteiger partial charge in [-0.05, 0) is 30.3 Å². The molecule has 1 aromatic carbocycles. The second-order valence-corrected chi connectivity index (χ2v) is 5.86. The van der Waals surface area contributed by atoms with Crippen molar-refractivity contribution in [2.24, 2.45) is 0 Å². The van der Waals surface area contributed by atoms with Gasteiger partial charge in [0.1, 0.15) is 0 Å². The average molecular weight is 333 g/mol. The number of hydrogen-bond acceptors (Lipinski definition) is 3. The van der Waals surface area contributed by atoms with E-state index in [9.17, 15) is 4.79 Å². The van der Waals surface area contributed by atoms with Crippen molar-refractivity contribution < 1.29 is 4.74 Å². The number of benzene rings is 1. The van der Waals surface area contributed by atoms with Crippen molar-refractivity contribution in [3.8, 4) is 11.6 Å². The first-order valence-corrected chi connectivity index (χ1v) is 7.53. The molecule has 0 N–H and O–H groups in total. The molecule has 0 amide bonds. The molecule has 0 saturated heterocycles. The minimum Gasteiger partial charge on any atom is -0.478 e. The third-order valence-corrected chi connectivity index (χ3v) is 4.27. The third-order valence-electron chi connectivity index (χ3n) is 3.72. The van der Waals surface area contributed by atoms with Crippen LogP contribution in [-0.2, 0) is 6.42 Å². The van der Waals surface area contributed by atoms with Crippen LogP contribution in [0.4, 0.5) is 0 Å². The lowest BCUT2D eigenvalue weighted by molar-refractivity contribution is 0.338. The van der Waals surface area contributed by atoms with Crippen LogP contribution in [0.3, 0.4) is 0 Å². The number of rotatable bonds is 1. The molecular weight excluding hydrogens is 323 g/mol. The highest BCUT2D eigenvalue weighted by Gasteiger charge is 2.25. The number of nitrogens with zero attached hydrogens (tertiary/aromatic N) is 2. The van der Waals surface area contributed by atoms with Crippen LogP contribution < -0.4 is 10.2 Å². The van der Waals surface area contributed by atoms with Gasteiger partial charge in [-0.2, -0.15) is 0 Å². The Hall–Kier alpha value is -2.04. The van der Waals surface area contributed by atoms with Crippen molar-refractivity contribution in [3.05, 3.63) is 62.4 Å². The first-order valence-electron chi connectivity index (χ1n) is 6.77.